The van der Waals surface area contributed by atoms with Crippen LogP contribution < -0.4 is 4.90 Å². The van der Waals surface area contributed by atoms with Gasteiger partial charge in [-0.3, -0.25) is 0 Å². The topological polar surface area (TPSA) is 38.2 Å². The number of aryl methyl sites for hydroxylation is 1. The molecule has 3 heterocycles. The highest BCUT2D eigenvalue weighted by Crippen LogP contribution is 2.57. The first-order chi connectivity index (χ1) is 9.82. The van der Waals surface area contributed by atoms with Gasteiger partial charge in [-0.2, -0.15) is 4.37 Å². The number of ether oxygens (including phenoxy) is 1. The van der Waals surface area contributed by atoms with Crippen molar-refractivity contribution in [2.24, 2.45) is 11.3 Å². The van der Waals surface area contributed by atoms with Gasteiger partial charge in [0.2, 0.25) is 5.13 Å². The first kappa shape index (κ1) is 13.0. The van der Waals surface area contributed by atoms with Crippen molar-refractivity contribution in [3.63, 3.8) is 0 Å². The van der Waals surface area contributed by atoms with E-state index in [1.165, 1.54) is 38.6 Å². The van der Waals surface area contributed by atoms with Crippen LogP contribution in [0.25, 0.3) is 0 Å². The van der Waals surface area contributed by atoms with Gasteiger partial charge in [0.1, 0.15) is 5.82 Å². The maximum absolute atomic E-state index is 5.56. The molecular weight excluding hydrogens is 270 g/mol. The van der Waals surface area contributed by atoms with Gasteiger partial charge in [-0.25, -0.2) is 4.98 Å². The summed E-state index contributed by atoms with van der Waals surface area (Å²) in [5.74, 6) is 1.80. The number of hydrogen-bond acceptors (Lipinski definition) is 5. The molecule has 5 heteroatoms. The molecule has 2 saturated heterocycles. The predicted molar refractivity (Wildman–Crippen MR) is 80.2 cm³/mol. The fourth-order valence-corrected chi connectivity index (χ4v) is 5.10. The summed E-state index contributed by atoms with van der Waals surface area (Å²) < 4.78 is 10.0. The summed E-state index contributed by atoms with van der Waals surface area (Å²) in [7, 11) is 0. The maximum Gasteiger partial charge on any atom is 0.205 e. The lowest BCUT2D eigenvalue weighted by atomic mass is 9.54. The van der Waals surface area contributed by atoms with Gasteiger partial charge in [-0.15, -0.1) is 0 Å². The Kier molecular flexibility index (Phi) is 3.22. The Morgan fingerprint density at radius 1 is 1.35 bits per heavy atom. The molecule has 0 unspecified atom stereocenters. The molecule has 1 saturated carbocycles. The third-order valence-electron chi connectivity index (χ3n) is 5.53. The monoisotopic (exact) mass is 293 g/mol. The third-order valence-corrected chi connectivity index (χ3v) is 6.32. The maximum atomic E-state index is 5.56. The third kappa shape index (κ3) is 1.90. The van der Waals surface area contributed by atoms with Crippen LogP contribution >= 0.6 is 11.5 Å². The molecule has 0 N–H and O–H groups in total. The summed E-state index contributed by atoms with van der Waals surface area (Å²) in [4.78, 5) is 7.28. The van der Waals surface area contributed by atoms with Crippen LogP contribution in [0, 0.1) is 11.3 Å². The second-order valence-corrected chi connectivity index (χ2v) is 7.32. The quantitative estimate of drug-likeness (QED) is 0.859. The fraction of sp³-hybridized carbons (Fsp3) is 0.867. The molecule has 3 aliphatic rings. The zero-order chi connectivity index (χ0) is 13.6. The van der Waals surface area contributed by atoms with Crippen molar-refractivity contribution < 1.29 is 4.74 Å². The van der Waals surface area contributed by atoms with Crippen LogP contribution in [0.5, 0.6) is 0 Å². The van der Waals surface area contributed by atoms with E-state index < -0.39 is 0 Å². The lowest BCUT2D eigenvalue weighted by Crippen LogP contribution is -2.70. The van der Waals surface area contributed by atoms with Crippen molar-refractivity contribution in [2.75, 3.05) is 24.7 Å². The molecule has 20 heavy (non-hydrogen) atoms. The van der Waals surface area contributed by atoms with Gasteiger partial charge < -0.3 is 9.64 Å². The van der Waals surface area contributed by atoms with Crippen LogP contribution in [0.3, 0.4) is 0 Å². The zero-order valence-corrected chi connectivity index (χ0v) is 13.0. The van der Waals surface area contributed by atoms with Crippen molar-refractivity contribution in [3.8, 4) is 0 Å². The van der Waals surface area contributed by atoms with E-state index in [0.717, 1.165) is 36.5 Å². The minimum absolute atomic E-state index is 0.611. The Hall–Kier alpha value is -0.680. The average molecular weight is 293 g/mol. The molecule has 1 aromatic heterocycles. The van der Waals surface area contributed by atoms with E-state index in [1.807, 2.05) is 0 Å². The SMILES string of the molecule is CCc1nsc(N2CC3(CCC3)[C@@H]2C2CCOCC2)n1. The molecular formula is C15H23N3OS. The summed E-state index contributed by atoms with van der Waals surface area (Å²) >= 11 is 1.59. The number of anilines is 1. The minimum atomic E-state index is 0.611. The number of hydrogen-bond donors (Lipinski definition) is 0. The molecule has 2 aliphatic heterocycles. The molecule has 1 spiro atoms. The van der Waals surface area contributed by atoms with Gasteiger partial charge in [0.05, 0.1) is 0 Å². The number of rotatable bonds is 3. The summed E-state index contributed by atoms with van der Waals surface area (Å²) in [5, 5.41) is 1.16. The van der Waals surface area contributed by atoms with Gasteiger partial charge in [-0.1, -0.05) is 13.3 Å². The van der Waals surface area contributed by atoms with Gasteiger partial charge in [0.25, 0.3) is 0 Å². The van der Waals surface area contributed by atoms with E-state index in [9.17, 15) is 0 Å². The molecule has 0 bridgehead atoms. The Balaban J connectivity index is 1.56. The van der Waals surface area contributed by atoms with E-state index in [1.54, 1.807) is 11.5 Å². The van der Waals surface area contributed by atoms with Crippen LogP contribution in [0.15, 0.2) is 0 Å². The lowest BCUT2D eigenvalue weighted by Gasteiger charge is -2.65. The Morgan fingerprint density at radius 2 is 2.15 bits per heavy atom. The highest BCUT2D eigenvalue weighted by Gasteiger charge is 2.59. The predicted octanol–water partition coefficient (Wildman–Crippen LogP) is 2.89. The molecule has 4 nitrogen and oxygen atoms in total. The molecule has 1 atom stereocenters. The normalized spacial score (nSPS) is 29.2. The Morgan fingerprint density at radius 3 is 2.75 bits per heavy atom. The molecule has 1 aliphatic carbocycles. The van der Waals surface area contributed by atoms with E-state index in [2.05, 4.69) is 16.2 Å². The van der Waals surface area contributed by atoms with Crippen LogP contribution in [0.1, 0.15) is 44.9 Å². The Labute approximate surface area is 124 Å². The van der Waals surface area contributed by atoms with Crippen molar-refractivity contribution in [2.45, 2.75) is 51.5 Å². The average Bonchev–Trinajstić information content (AvgIpc) is 2.86. The van der Waals surface area contributed by atoms with Crippen LogP contribution in [0.2, 0.25) is 0 Å². The van der Waals surface area contributed by atoms with E-state index in [0.29, 0.717) is 11.5 Å². The summed E-state index contributed by atoms with van der Waals surface area (Å²) in [6.07, 6.45) is 7.65. The molecule has 0 radical (unpaired) electrons. The minimum Gasteiger partial charge on any atom is -0.381 e. The summed E-state index contributed by atoms with van der Waals surface area (Å²) in [6, 6.07) is 0.706. The van der Waals surface area contributed by atoms with Gasteiger partial charge in [0.15, 0.2) is 0 Å². The second kappa shape index (κ2) is 4.95. The molecule has 0 aromatic carbocycles. The van der Waals surface area contributed by atoms with Crippen LogP contribution in [-0.2, 0) is 11.2 Å². The van der Waals surface area contributed by atoms with Crippen LogP contribution in [0.4, 0.5) is 5.13 Å². The molecule has 110 valence electrons. The van der Waals surface area contributed by atoms with E-state index in [4.69, 9.17) is 9.72 Å². The van der Waals surface area contributed by atoms with Gasteiger partial charge in [-0.05, 0) is 31.6 Å². The van der Waals surface area contributed by atoms with E-state index >= 15 is 0 Å². The lowest BCUT2D eigenvalue weighted by molar-refractivity contribution is -0.0364. The van der Waals surface area contributed by atoms with E-state index in [-0.39, 0.29) is 0 Å². The van der Waals surface area contributed by atoms with Gasteiger partial charge >= 0.3 is 0 Å². The molecule has 3 fully saturated rings. The van der Waals surface area contributed by atoms with Crippen molar-refractivity contribution in [1.82, 2.24) is 9.36 Å². The summed E-state index contributed by atoms with van der Waals surface area (Å²) in [6.45, 7) is 5.24. The Bertz CT molecular complexity index is 479. The van der Waals surface area contributed by atoms with Crippen molar-refractivity contribution >= 4 is 16.7 Å². The molecule has 0 amide bonds. The second-order valence-electron chi connectivity index (χ2n) is 6.59. The van der Waals surface area contributed by atoms with Crippen molar-refractivity contribution in [1.29, 1.82) is 0 Å². The molecule has 4 rings (SSSR count). The first-order valence-electron chi connectivity index (χ1n) is 7.99. The first-order valence-corrected chi connectivity index (χ1v) is 8.77. The smallest absolute Gasteiger partial charge is 0.205 e. The highest BCUT2D eigenvalue weighted by atomic mass is 32.1. The van der Waals surface area contributed by atoms with Crippen molar-refractivity contribution in [3.05, 3.63) is 5.82 Å². The largest absolute Gasteiger partial charge is 0.381 e. The number of nitrogens with zero attached hydrogens (tertiary/aromatic N) is 3. The summed E-state index contributed by atoms with van der Waals surface area (Å²) in [5.41, 5.74) is 0.611. The van der Waals surface area contributed by atoms with Crippen LogP contribution in [-0.4, -0.2) is 35.2 Å². The standard InChI is InChI=1S/C15H23N3OS/c1-2-12-16-14(20-17-12)18-10-15(6-3-7-15)13(18)11-4-8-19-9-5-11/h11,13H,2-10H2,1H3/t13-/m0/s1. The zero-order valence-electron chi connectivity index (χ0n) is 12.2. The van der Waals surface area contributed by atoms with Gasteiger partial charge in [0, 0.05) is 49.2 Å². The fourth-order valence-electron chi connectivity index (χ4n) is 4.31. The number of aromatic nitrogens is 2. The highest BCUT2D eigenvalue weighted by molar-refractivity contribution is 7.09. The molecule has 1 aromatic rings.